The van der Waals surface area contributed by atoms with E-state index >= 15 is 0 Å². The third-order valence-corrected chi connectivity index (χ3v) is 2.94. The summed E-state index contributed by atoms with van der Waals surface area (Å²) in [4.78, 5) is 11.2. The molecule has 1 heterocycles. The summed E-state index contributed by atoms with van der Waals surface area (Å²) in [5.74, 6) is -1.10. The van der Waals surface area contributed by atoms with Crippen LogP contribution in [-0.2, 0) is 10.3 Å². The van der Waals surface area contributed by atoms with Gasteiger partial charge < -0.3 is 5.11 Å². The number of carboxylic acids is 1. The van der Waals surface area contributed by atoms with E-state index in [4.69, 9.17) is 0 Å². The van der Waals surface area contributed by atoms with Gasteiger partial charge in [0.05, 0.1) is 0 Å². The lowest BCUT2D eigenvalue weighted by molar-refractivity contribution is -0.146. The number of tetrazole rings is 1. The lowest BCUT2D eigenvalue weighted by atomic mass is 10.1. The van der Waals surface area contributed by atoms with E-state index in [9.17, 15) is 14.3 Å². The average molecular weight is 264 g/mol. The molecule has 100 valence electrons. The largest absolute Gasteiger partial charge is 0.479 e. The third kappa shape index (κ3) is 2.18. The van der Waals surface area contributed by atoms with Gasteiger partial charge in [-0.25, -0.2) is 13.9 Å². The Kier molecular flexibility index (Phi) is 3.05. The molecule has 0 radical (unpaired) electrons. The highest BCUT2D eigenvalue weighted by molar-refractivity contribution is 5.76. The number of aromatic nitrogens is 4. The molecular formula is C12H13FN4O2. The van der Waals surface area contributed by atoms with E-state index < -0.39 is 11.5 Å². The number of carboxylic acid groups (broad SMARTS) is 1. The quantitative estimate of drug-likeness (QED) is 0.910. The molecule has 0 bridgehead atoms. The van der Waals surface area contributed by atoms with Crippen LogP contribution in [0.5, 0.6) is 0 Å². The fraction of sp³-hybridized carbons (Fsp3) is 0.333. The van der Waals surface area contributed by atoms with Crippen molar-refractivity contribution in [1.29, 1.82) is 0 Å². The van der Waals surface area contributed by atoms with E-state index in [1.165, 1.54) is 30.7 Å². The van der Waals surface area contributed by atoms with Gasteiger partial charge in [0.2, 0.25) is 0 Å². The molecule has 6 nitrogen and oxygen atoms in total. The van der Waals surface area contributed by atoms with Gasteiger partial charge in [0.25, 0.3) is 0 Å². The second-order valence-electron chi connectivity index (χ2n) is 4.74. The molecule has 1 N–H and O–H groups in total. The second kappa shape index (κ2) is 4.42. The standard InChI is InChI=1S/C12H13FN4O2/c1-7-6-8(4-5-9(7)13)10-14-15-16-17(10)12(2,3)11(18)19/h4-6H,1-3H3,(H,18,19). The Hall–Kier alpha value is -2.31. The van der Waals surface area contributed by atoms with Crippen molar-refractivity contribution < 1.29 is 14.3 Å². The first-order chi connectivity index (χ1) is 8.84. The van der Waals surface area contributed by atoms with E-state index in [1.54, 1.807) is 13.0 Å². The van der Waals surface area contributed by atoms with Gasteiger partial charge in [0.15, 0.2) is 11.4 Å². The van der Waals surface area contributed by atoms with E-state index in [-0.39, 0.29) is 11.6 Å². The molecule has 1 aromatic carbocycles. The van der Waals surface area contributed by atoms with Gasteiger partial charge in [-0.2, -0.15) is 0 Å². The second-order valence-corrected chi connectivity index (χ2v) is 4.74. The molecule has 19 heavy (non-hydrogen) atoms. The molecule has 0 unspecified atom stereocenters. The summed E-state index contributed by atoms with van der Waals surface area (Å²) < 4.78 is 14.5. The SMILES string of the molecule is Cc1cc(-c2nnnn2C(C)(C)C(=O)O)ccc1F. The van der Waals surface area contributed by atoms with Gasteiger partial charge in [-0.05, 0) is 55.0 Å². The molecular weight excluding hydrogens is 251 g/mol. The predicted molar refractivity (Wildman–Crippen MR) is 64.9 cm³/mol. The molecule has 2 rings (SSSR count). The first-order valence-corrected chi connectivity index (χ1v) is 5.63. The minimum Gasteiger partial charge on any atom is -0.479 e. The summed E-state index contributed by atoms with van der Waals surface area (Å²) in [5.41, 5.74) is -0.278. The van der Waals surface area contributed by atoms with Crippen molar-refractivity contribution in [2.24, 2.45) is 0 Å². The van der Waals surface area contributed by atoms with Crippen LogP contribution in [0.2, 0.25) is 0 Å². The van der Waals surface area contributed by atoms with Crippen LogP contribution in [0.15, 0.2) is 18.2 Å². The fourth-order valence-corrected chi connectivity index (χ4v) is 1.62. The fourth-order valence-electron chi connectivity index (χ4n) is 1.62. The van der Waals surface area contributed by atoms with Gasteiger partial charge in [-0.3, -0.25) is 0 Å². The molecule has 0 aliphatic rings. The number of halogens is 1. The number of aliphatic carboxylic acids is 1. The van der Waals surface area contributed by atoms with Crippen molar-refractivity contribution in [2.75, 3.05) is 0 Å². The normalized spacial score (nSPS) is 11.6. The molecule has 0 saturated heterocycles. The summed E-state index contributed by atoms with van der Waals surface area (Å²) in [6.45, 7) is 4.60. The van der Waals surface area contributed by atoms with E-state index in [1.807, 2.05) is 0 Å². The van der Waals surface area contributed by atoms with Gasteiger partial charge in [0, 0.05) is 5.56 Å². The first kappa shape index (κ1) is 13.1. The molecule has 0 atom stereocenters. The Morgan fingerprint density at radius 1 is 1.42 bits per heavy atom. The Morgan fingerprint density at radius 3 is 2.68 bits per heavy atom. The number of carbonyl (C=O) groups is 1. The first-order valence-electron chi connectivity index (χ1n) is 5.63. The highest BCUT2D eigenvalue weighted by Gasteiger charge is 2.33. The highest BCUT2D eigenvalue weighted by atomic mass is 19.1. The van der Waals surface area contributed by atoms with Crippen molar-refractivity contribution in [1.82, 2.24) is 20.2 Å². The van der Waals surface area contributed by atoms with E-state index in [0.717, 1.165) is 0 Å². The van der Waals surface area contributed by atoms with Crippen LogP contribution in [0, 0.1) is 12.7 Å². The molecule has 0 amide bonds. The Balaban J connectivity index is 2.56. The molecule has 1 aromatic heterocycles. The summed E-state index contributed by atoms with van der Waals surface area (Å²) in [6, 6.07) is 4.40. The van der Waals surface area contributed by atoms with Crippen LogP contribution in [0.1, 0.15) is 19.4 Å². The van der Waals surface area contributed by atoms with Crippen LogP contribution in [0.4, 0.5) is 4.39 Å². The van der Waals surface area contributed by atoms with E-state index in [2.05, 4.69) is 15.5 Å². The molecule has 2 aromatic rings. The van der Waals surface area contributed by atoms with Crippen LogP contribution in [0.25, 0.3) is 11.4 Å². The number of nitrogens with zero attached hydrogens (tertiary/aromatic N) is 4. The number of aryl methyl sites for hydroxylation is 1. The maximum absolute atomic E-state index is 13.3. The number of hydrogen-bond donors (Lipinski definition) is 1. The van der Waals surface area contributed by atoms with Crippen LogP contribution < -0.4 is 0 Å². The molecule has 7 heteroatoms. The maximum atomic E-state index is 13.3. The van der Waals surface area contributed by atoms with Gasteiger partial charge in [-0.15, -0.1) is 5.10 Å². The van der Waals surface area contributed by atoms with Crippen molar-refractivity contribution in [2.45, 2.75) is 26.3 Å². The van der Waals surface area contributed by atoms with Crippen LogP contribution in [-0.4, -0.2) is 31.3 Å². The molecule has 0 aliphatic carbocycles. The van der Waals surface area contributed by atoms with Gasteiger partial charge in [-0.1, -0.05) is 0 Å². The summed E-state index contributed by atoms with van der Waals surface area (Å²) in [6.07, 6.45) is 0. The van der Waals surface area contributed by atoms with Crippen LogP contribution >= 0.6 is 0 Å². The molecule has 0 aliphatic heterocycles. The third-order valence-electron chi connectivity index (χ3n) is 2.94. The zero-order valence-corrected chi connectivity index (χ0v) is 10.8. The van der Waals surface area contributed by atoms with Gasteiger partial charge >= 0.3 is 5.97 Å². The zero-order chi connectivity index (χ0) is 14.2. The monoisotopic (exact) mass is 264 g/mol. The molecule has 0 spiro atoms. The molecule has 0 saturated carbocycles. The van der Waals surface area contributed by atoms with Crippen molar-refractivity contribution in [3.8, 4) is 11.4 Å². The summed E-state index contributed by atoms with van der Waals surface area (Å²) in [5, 5.41) is 20.3. The predicted octanol–water partition coefficient (Wildman–Crippen LogP) is 1.61. The van der Waals surface area contributed by atoms with Crippen LogP contribution in [0.3, 0.4) is 0 Å². The lowest BCUT2D eigenvalue weighted by Crippen LogP contribution is -2.37. The number of benzene rings is 1. The Labute approximate surface area is 108 Å². The Bertz CT molecular complexity index is 636. The smallest absolute Gasteiger partial charge is 0.331 e. The van der Waals surface area contributed by atoms with Crippen molar-refractivity contribution in [3.05, 3.63) is 29.6 Å². The van der Waals surface area contributed by atoms with Crippen molar-refractivity contribution >= 4 is 5.97 Å². The Morgan fingerprint density at radius 2 is 2.11 bits per heavy atom. The molecule has 0 fully saturated rings. The maximum Gasteiger partial charge on any atom is 0.331 e. The van der Waals surface area contributed by atoms with Crippen molar-refractivity contribution in [3.63, 3.8) is 0 Å². The lowest BCUT2D eigenvalue weighted by Gasteiger charge is -2.20. The van der Waals surface area contributed by atoms with E-state index in [0.29, 0.717) is 11.1 Å². The summed E-state index contributed by atoms with van der Waals surface area (Å²) >= 11 is 0. The topological polar surface area (TPSA) is 80.9 Å². The minimum atomic E-state index is -1.29. The number of hydrogen-bond acceptors (Lipinski definition) is 4. The number of rotatable bonds is 3. The zero-order valence-electron chi connectivity index (χ0n) is 10.8. The highest BCUT2D eigenvalue weighted by Crippen LogP contribution is 2.24. The minimum absolute atomic E-state index is 0.288. The summed E-state index contributed by atoms with van der Waals surface area (Å²) in [7, 11) is 0. The van der Waals surface area contributed by atoms with Gasteiger partial charge in [0.1, 0.15) is 5.82 Å². The average Bonchev–Trinajstić information content (AvgIpc) is 2.82.